The van der Waals surface area contributed by atoms with Crippen molar-refractivity contribution in [1.29, 1.82) is 0 Å². The summed E-state index contributed by atoms with van der Waals surface area (Å²) < 4.78 is 1.80. The molecule has 2 aromatic heterocycles. The lowest BCUT2D eigenvalue weighted by molar-refractivity contribution is 0.111. The highest BCUT2D eigenvalue weighted by molar-refractivity contribution is 5.88. The van der Waals surface area contributed by atoms with Crippen LogP contribution in [0.3, 0.4) is 0 Å². The number of imidazole rings is 2. The van der Waals surface area contributed by atoms with E-state index in [0.717, 1.165) is 34.5 Å². The Morgan fingerprint density at radius 2 is 2.05 bits per heavy atom. The molecule has 0 fully saturated rings. The number of rotatable bonds is 2. The summed E-state index contributed by atoms with van der Waals surface area (Å²) in [4.78, 5) is 23.2. The van der Waals surface area contributed by atoms with Crippen LogP contribution in [0.1, 0.15) is 22.1 Å². The second-order valence-electron chi connectivity index (χ2n) is 4.62. The van der Waals surface area contributed by atoms with E-state index in [1.54, 1.807) is 4.57 Å². The minimum atomic E-state index is 0.591. The molecule has 0 radical (unpaired) electrons. The van der Waals surface area contributed by atoms with Crippen LogP contribution >= 0.6 is 0 Å². The fourth-order valence-electron chi connectivity index (χ4n) is 2.26. The monoisotopic (exact) mass is 254 g/mol. The molecule has 0 spiro atoms. The lowest BCUT2D eigenvalue weighted by Crippen LogP contribution is -1.97. The highest BCUT2D eigenvalue weighted by atomic mass is 16.1. The number of fused-ring (bicyclic) bond motifs is 1. The molecule has 0 bridgehead atoms. The molecule has 1 N–H and O–H groups in total. The van der Waals surface area contributed by atoms with Gasteiger partial charge in [0, 0.05) is 12.6 Å². The van der Waals surface area contributed by atoms with Gasteiger partial charge in [0.1, 0.15) is 17.3 Å². The number of carbonyl (C=O) groups excluding carboxylic acids is 1. The van der Waals surface area contributed by atoms with E-state index in [9.17, 15) is 4.79 Å². The average molecular weight is 254 g/mol. The second kappa shape index (κ2) is 4.05. The van der Waals surface area contributed by atoms with Crippen molar-refractivity contribution in [3.63, 3.8) is 0 Å². The molecule has 3 aromatic rings. The highest BCUT2D eigenvalue weighted by Crippen LogP contribution is 2.25. The van der Waals surface area contributed by atoms with E-state index < -0.39 is 0 Å². The van der Waals surface area contributed by atoms with Crippen LogP contribution in [0, 0.1) is 13.8 Å². The first-order chi connectivity index (χ1) is 9.10. The Hall–Kier alpha value is -2.43. The van der Waals surface area contributed by atoms with Gasteiger partial charge in [0.25, 0.3) is 0 Å². The maximum absolute atomic E-state index is 11.2. The van der Waals surface area contributed by atoms with Gasteiger partial charge in [-0.15, -0.1) is 0 Å². The SMILES string of the molecule is Cc1nc2ccc(-c3nc(C)n(C)c3C=O)cc2[nH]1. The number of hydrogen-bond donors (Lipinski definition) is 1. The van der Waals surface area contributed by atoms with E-state index in [0.29, 0.717) is 11.4 Å². The van der Waals surface area contributed by atoms with E-state index in [4.69, 9.17) is 0 Å². The summed E-state index contributed by atoms with van der Waals surface area (Å²) in [5.41, 5.74) is 4.09. The van der Waals surface area contributed by atoms with Gasteiger partial charge in [-0.1, -0.05) is 6.07 Å². The van der Waals surface area contributed by atoms with Crippen molar-refractivity contribution in [2.24, 2.45) is 7.05 Å². The summed E-state index contributed by atoms with van der Waals surface area (Å²) >= 11 is 0. The summed E-state index contributed by atoms with van der Waals surface area (Å²) in [6, 6.07) is 5.86. The molecule has 3 rings (SSSR count). The lowest BCUT2D eigenvalue weighted by atomic mass is 10.1. The normalized spacial score (nSPS) is 11.1. The number of aryl methyl sites for hydroxylation is 2. The van der Waals surface area contributed by atoms with Crippen LogP contribution in [0.15, 0.2) is 18.2 Å². The number of hydrogen-bond acceptors (Lipinski definition) is 3. The molecule has 0 aliphatic carbocycles. The second-order valence-corrected chi connectivity index (χ2v) is 4.62. The number of benzene rings is 1. The van der Waals surface area contributed by atoms with E-state index in [2.05, 4.69) is 15.0 Å². The molecular weight excluding hydrogens is 240 g/mol. The zero-order chi connectivity index (χ0) is 13.6. The van der Waals surface area contributed by atoms with E-state index in [1.807, 2.05) is 39.1 Å². The van der Waals surface area contributed by atoms with Crippen LogP contribution in [-0.4, -0.2) is 25.8 Å². The van der Waals surface area contributed by atoms with E-state index in [-0.39, 0.29) is 0 Å². The van der Waals surface area contributed by atoms with Crippen molar-refractivity contribution < 1.29 is 4.79 Å². The first-order valence-electron chi connectivity index (χ1n) is 6.05. The topological polar surface area (TPSA) is 63.6 Å². The van der Waals surface area contributed by atoms with Crippen LogP contribution in [-0.2, 0) is 7.05 Å². The molecule has 0 atom stereocenters. The summed E-state index contributed by atoms with van der Waals surface area (Å²) in [5, 5.41) is 0. The summed E-state index contributed by atoms with van der Waals surface area (Å²) in [6.45, 7) is 3.80. The molecule has 5 heteroatoms. The molecule has 0 aliphatic rings. The number of nitrogens with zero attached hydrogens (tertiary/aromatic N) is 3. The Kier molecular flexibility index (Phi) is 2.48. The van der Waals surface area contributed by atoms with Gasteiger partial charge in [0.2, 0.25) is 0 Å². The Balaban J connectivity index is 2.23. The third-order valence-electron chi connectivity index (χ3n) is 3.35. The molecule has 19 heavy (non-hydrogen) atoms. The standard InChI is InChI=1S/C14H14N4O/c1-8-15-11-5-4-10(6-12(11)16-8)14-13(7-19)18(3)9(2)17-14/h4-7H,1-3H3,(H,15,16). The maximum atomic E-state index is 11.2. The fourth-order valence-corrected chi connectivity index (χ4v) is 2.26. The van der Waals surface area contributed by atoms with Gasteiger partial charge in [-0.3, -0.25) is 4.79 Å². The first kappa shape index (κ1) is 11.6. The van der Waals surface area contributed by atoms with Gasteiger partial charge in [0.15, 0.2) is 6.29 Å². The molecule has 5 nitrogen and oxygen atoms in total. The Morgan fingerprint density at radius 1 is 1.26 bits per heavy atom. The summed E-state index contributed by atoms with van der Waals surface area (Å²) in [6.07, 6.45) is 0.845. The number of nitrogens with one attached hydrogen (secondary N) is 1. The maximum Gasteiger partial charge on any atom is 0.168 e. The molecule has 0 aliphatic heterocycles. The Labute approximate surface area is 110 Å². The number of aldehydes is 1. The van der Waals surface area contributed by atoms with Gasteiger partial charge in [0.05, 0.1) is 16.7 Å². The molecule has 0 unspecified atom stereocenters. The van der Waals surface area contributed by atoms with E-state index >= 15 is 0 Å². The molecule has 1 aromatic carbocycles. The van der Waals surface area contributed by atoms with Crippen LogP contribution in [0.5, 0.6) is 0 Å². The molecule has 2 heterocycles. The van der Waals surface area contributed by atoms with Gasteiger partial charge in [-0.25, -0.2) is 9.97 Å². The lowest BCUT2D eigenvalue weighted by Gasteiger charge is -1.99. The minimum Gasteiger partial charge on any atom is -0.342 e. The Morgan fingerprint density at radius 3 is 2.79 bits per heavy atom. The Bertz CT molecular complexity index is 782. The number of aromatic amines is 1. The van der Waals surface area contributed by atoms with Gasteiger partial charge in [-0.05, 0) is 26.0 Å². The minimum absolute atomic E-state index is 0.591. The van der Waals surface area contributed by atoms with Crippen molar-refractivity contribution in [2.75, 3.05) is 0 Å². The summed E-state index contributed by atoms with van der Waals surface area (Å²) in [5.74, 6) is 1.69. The predicted octanol–water partition coefficient (Wildman–Crippen LogP) is 2.39. The zero-order valence-electron chi connectivity index (χ0n) is 11.1. The first-order valence-corrected chi connectivity index (χ1v) is 6.05. The fraction of sp³-hybridized carbons (Fsp3) is 0.214. The largest absolute Gasteiger partial charge is 0.342 e. The zero-order valence-corrected chi connectivity index (χ0v) is 11.1. The van der Waals surface area contributed by atoms with Gasteiger partial charge < -0.3 is 9.55 Å². The van der Waals surface area contributed by atoms with Crippen LogP contribution < -0.4 is 0 Å². The van der Waals surface area contributed by atoms with Crippen LogP contribution in [0.25, 0.3) is 22.3 Å². The van der Waals surface area contributed by atoms with Crippen molar-refractivity contribution in [3.8, 4) is 11.3 Å². The quantitative estimate of drug-likeness (QED) is 0.714. The van der Waals surface area contributed by atoms with E-state index in [1.165, 1.54) is 0 Å². The van der Waals surface area contributed by atoms with Gasteiger partial charge in [-0.2, -0.15) is 0 Å². The number of H-pyrrole nitrogens is 1. The average Bonchev–Trinajstić information content (AvgIpc) is 2.89. The van der Waals surface area contributed by atoms with Crippen molar-refractivity contribution >= 4 is 17.3 Å². The molecule has 0 amide bonds. The predicted molar refractivity (Wildman–Crippen MR) is 73.2 cm³/mol. The molecule has 96 valence electrons. The molecule has 0 saturated carbocycles. The summed E-state index contributed by atoms with van der Waals surface area (Å²) in [7, 11) is 1.84. The molecular formula is C14H14N4O. The van der Waals surface area contributed by atoms with Crippen LogP contribution in [0.2, 0.25) is 0 Å². The van der Waals surface area contributed by atoms with Crippen molar-refractivity contribution in [3.05, 3.63) is 35.5 Å². The number of carbonyl (C=O) groups is 1. The van der Waals surface area contributed by atoms with Gasteiger partial charge >= 0.3 is 0 Å². The molecule has 0 saturated heterocycles. The number of aromatic nitrogens is 4. The third-order valence-corrected chi connectivity index (χ3v) is 3.35. The van der Waals surface area contributed by atoms with Crippen molar-refractivity contribution in [1.82, 2.24) is 19.5 Å². The van der Waals surface area contributed by atoms with Crippen molar-refractivity contribution in [2.45, 2.75) is 13.8 Å². The van der Waals surface area contributed by atoms with Crippen LogP contribution in [0.4, 0.5) is 0 Å². The third kappa shape index (κ3) is 1.74. The highest BCUT2D eigenvalue weighted by Gasteiger charge is 2.14. The smallest absolute Gasteiger partial charge is 0.168 e.